The van der Waals surface area contributed by atoms with Crippen LogP contribution in [0.5, 0.6) is 0 Å². The van der Waals surface area contributed by atoms with Crippen molar-refractivity contribution in [2.75, 3.05) is 13.1 Å². The summed E-state index contributed by atoms with van der Waals surface area (Å²) in [7, 11) is 0. The maximum absolute atomic E-state index is 12.7. The van der Waals surface area contributed by atoms with Crippen molar-refractivity contribution in [3.63, 3.8) is 0 Å². The molecule has 0 radical (unpaired) electrons. The van der Waals surface area contributed by atoms with Gasteiger partial charge in [0.15, 0.2) is 0 Å². The number of nitro groups is 1. The van der Waals surface area contributed by atoms with E-state index in [9.17, 15) is 23.7 Å². The molecule has 0 fully saturated rings. The van der Waals surface area contributed by atoms with Gasteiger partial charge in [0, 0.05) is 13.0 Å². The quantitative estimate of drug-likeness (QED) is 0.555. The molecule has 0 aliphatic heterocycles. The molecule has 0 saturated heterocycles. The lowest BCUT2D eigenvalue weighted by Crippen LogP contribution is -2.41. The van der Waals surface area contributed by atoms with Crippen LogP contribution in [0.15, 0.2) is 12.4 Å². The van der Waals surface area contributed by atoms with E-state index < -0.39 is 29.8 Å². The third kappa shape index (κ3) is 5.89. The molecule has 8 nitrogen and oxygen atoms in total. The van der Waals surface area contributed by atoms with E-state index >= 15 is 0 Å². The normalized spacial score (nSPS) is 10.8. The number of aryl methyl sites for hydroxylation is 1. The molecule has 0 aromatic carbocycles. The van der Waals surface area contributed by atoms with E-state index in [1.165, 1.54) is 4.68 Å². The van der Waals surface area contributed by atoms with Crippen LogP contribution in [-0.2, 0) is 11.3 Å². The predicted molar refractivity (Wildman–Crippen MR) is 67.8 cm³/mol. The first kappa shape index (κ1) is 18.2. The molecular formula is C9H14ClF2N5O3. The lowest BCUT2D eigenvalue weighted by Gasteiger charge is -2.14. The lowest BCUT2D eigenvalue weighted by molar-refractivity contribution is -0.385. The van der Waals surface area contributed by atoms with Gasteiger partial charge in [-0.3, -0.25) is 19.6 Å². The molecule has 0 aliphatic rings. The number of nitrogens with two attached hydrogens (primary N) is 1. The van der Waals surface area contributed by atoms with Crippen LogP contribution in [-0.4, -0.2) is 39.6 Å². The van der Waals surface area contributed by atoms with Gasteiger partial charge in [-0.2, -0.15) is 5.10 Å². The van der Waals surface area contributed by atoms with Gasteiger partial charge in [-0.1, -0.05) is 0 Å². The Balaban J connectivity index is 0.00000361. The van der Waals surface area contributed by atoms with Crippen LogP contribution < -0.4 is 11.1 Å². The van der Waals surface area contributed by atoms with Crippen LogP contribution in [0.1, 0.15) is 6.42 Å². The number of hydrogen-bond donors (Lipinski definition) is 2. The predicted octanol–water partition coefficient (Wildman–Crippen LogP) is 0.313. The SMILES string of the molecule is Cl.NCC(F)(F)CNC(=O)CCn1cc([N+](=O)[O-])cn1. The van der Waals surface area contributed by atoms with Crippen LogP contribution in [0, 0.1) is 10.1 Å². The Morgan fingerprint density at radius 1 is 1.60 bits per heavy atom. The van der Waals surface area contributed by atoms with Crippen molar-refractivity contribution in [2.45, 2.75) is 18.9 Å². The van der Waals surface area contributed by atoms with E-state index in [2.05, 4.69) is 5.10 Å². The smallest absolute Gasteiger partial charge is 0.306 e. The van der Waals surface area contributed by atoms with Crippen molar-refractivity contribution in [3.8, 4) is 0 Å². The average Bonchev–Trinajstić information content (AvgIpc) is 2.83. The molecule has 1 heterocycles. The zero-order valence-electron chi connectivity index (χ0n) is 10.3. The number of aromatic nitrogens is 2. The summed E-state index contributed by atoms with van der Waals surface area (Å²) in [5.74, 6) is -3.74. The highest BCUT2D eigenvalue weighted by molar-refractivity contribution is 5.85. The summed E-state index contributed by atoms with van der Waals surface area (Å²) in [6.07, 6.45) is 2.09. The van der Waals surface area contributed by atoms with E-state index in [-0.39, 0.29) is 31.1 Å². The topological polar surface area (TPSA) is 116 Å². The molecule has 3 N–H and O–H groups in total. The zero-order chi connectivity index (χ0) is 14.5. The van der Waals surface area contributed by atoms with Crippen molar-refractivity contribution in [3.05, 3.63) is 22.5 Å². The molecule has 0 saturated carbocycles. The average molecular weight is 314 g/mol. The Kier molecular flexibility index (Phi) is 7.00. The molecule has 1 rings (SSSR count). The minimum atomic E-state index is -3.14. The fraction of sp³-hybridized carbons (Fsp3) is 0.556. The van der Waals surface area contributed by atoms with Crippen LogP contribution in [0.4, 0.5) is 14.5 Å². The fourth-order valence-corrected chi connectivity index (χ4v) is 1.17. The van der Waals surface area contributed by atoms with Gasteiger partial charge in [0.2, 0.25) is 5.91 Å². The summed E-state index contributed by atoms with van der Waals surface area (Å²) in [6, 6.07) is 0. The van der Waals surface area contributed by atoms with Crippen molar-refractivity contribution in [2.24, 2.45) is 5.73 Å². The standard InChI is InChI=1S/C9H13F2N5O3.ClH/c10-9(11,5-12)6-13-8(17)1-2-15-4-7(3-14-15)16(18)19;/h3-4H,1-2,5-6,12H2,(H,13,17);1H. The van der Waals surface area contributed by atoms with Gasteiger partial charge < -0.3 is 11.1 Å². The number of carbonyl (C=O) groups excluding carboxylic acids is 1. The molecule has 1 amide bonds. The highest BCUT2D eigenvalue weighted by atomic mass is 35.5. The van der Waals surface area contributed by atoms with Gasteiger partial charge in [0.25, 0.3) is 5.92 Å². The number of hydrogen-bond acceptors (Lipinski definition) is 5. The van der Waals surface area contributed by atoms with E-state index in [4.69, 9.17) is 5.73 Å². The maximum atomic E-state index is 12.7. The molecule has 1 aromatic rings. The molecular weight excluding hydrogens is 300 g/mol. The highest BCUT2D eigenvalue weighted by Gasteiger charge is 2.26. The van der Waals surface area contributed by atoms with Crippen LogP contribution in [0.25, 0.3) is 0 Å². The first-order valence-corrected chi connectivity index (χ1v) is 5.35. The van der Waals surface area contributed by atoms with Gasteiger partial charge in [0.1, 0.15) is 12.4 Å². The van der Waals surface area contributed by atoms with Crippen molar-refractivity contribution < 1.29 is 18.5 Å². The number of alkyl halides is 2. The minimum absolute atomic E-state index is 0. The van der Waals surface area contributed by atoms with Crippen molar-refractivity contribution in [1.82, 2.24) is 15.1 Å². The van der Waals surface area contributed by atoms with Gasteiger partial charge in [-0.25, -0.2) is 8.78 Å². The molecule has 20 heavy (non-hydrogen) atoms. The number of amides is 1. The van der Waals surface area contributed by atoms with Gasteiger partial charge >= 0.3 is 5.69 Å². The number of nitrogens with one attached hydrogen (secondary N) is 1. The zero-order valence-corrected chi connectivity index (χ0v) is 11.1. The number of nitrogens with zero attached hydrogens (tertiary/aromatic N) is 3. The molecule has 114 valence electrons. The summed E-state index contributed by atoms with van der Waals surface area (Å²) >= 11 is 0. The van der Waals surface area contributed by atoms with Gasteiger partial charge in [0.05, 0.1) is 18.0 Å². The largest absolute Gasteiger partial charge is 0.350 e. The summed E-state index contributed by atoms with van der Waals surface area (Å²) in [5, 5.41) is 16.1. The second kappa shape index (κ2) is 7.70. The number of rotatable bonds is 7. The summed E-state index contributed by atoms with van der Waals surface area (Å²) in [6.45, 7) is -1.62. The van der Waals surface area contributed by atoms with E-state index in [1.807, 2.05) is 5.32 Å². The van der Waals surface area contributed by atoms with E-state index in [0.29, 0.717) is 0 Å². The molecule has 11 heteroatoms. The Labute approximate surface area is 118 Å². The summed E-state index contributed by atoms with van der Waals surface area (Å²) < 4.78 is 26.7. The molecule has 0 atom stereocenters. The Hall–Kier alpha value is -1.81. The van der Waals surface area contributed by atoms with Crippen molar-refractivity contribution in [1.29, 1.82) is 0 Å². The maximum Gasteiger partial charge on any atom is 0.306 e. The van der Waals surface area contributed by atoms with E-state index in [0.717, 1.165) is 12.4 Å². The van der Waals surface area contributed by atoms with Gasteiger partial charge in [-0.05, 0) is 0 Å². The molecule has 0 unspecified atom stereocenters. The van der Waals surface area contributed by atoms with Crippen LogP contribution >= 0.6 is 12.4 Å². The summed E-state index contributed by atoms with van der Waals surface area (Å²) in [4.78, 5) is 21.0. The van der Waals surface area contributed by atoms with Crippen LogP contribution in [0.2, 0.25) is 0 Å². The molecule has 0 spiro atoms. The number of carbonyl (C=O) groups is 1. The Morgan fingerprint density at radius 2 is 2.25 bits per heavy atom. The number of halogens is 3. The fourth-order valence-electron chi connectivity index (χ4n) is 1.17. The Bertz CT molecular complexity index is 468. The molecule has 1 aromatic heterocycles. The highest BCUT2D eigenvalue weighted by Crippen LogP contribution is 2.09. The first-order chi connectivity index (χ1) is 8.84. The molecule has 0 bridgehead atoms. The third-order valence-electron chi connectivity index (χ3n) is 2.24. The van der Waals surface area contributed by atoms with Crippen LogP contribution in [0.3, 0.4) is 0 Å². The van der Waals surface area contributed by atoms with Crippen molar-refractivity contribution >= 4 is 24.0 Å². The Morgan fingerprint density at radius 3 is 2.75 bits per heavy atom. The van der Waals surface area contributed by atoms with Gasteiger partial charge in [-0.15, -0.1) is 12.4 Å². The minimum Gasteiger partial charge on any atom is -0.350 e. The molecule has 0 aliphatic carbocycles. The second-order valence-electron chi connectivity index (χ2n) is 3.81. The lowest BCUT2D eigenvalue weighted by atomic mass is 10.3. The second-order valence-corrected chi connectivity index (χ2v) is 3.81. The van der Waals surface area contributed by atoms with E-state index in [1.54, 1.807) is 0 Å². The third-order valence-corrected chi connectivity index (χ3v) is 2.24. The first-order valence-electron chi connectivity index (χ1n) is 5.35. The summed E-state index contributed by atoms with van der Waals surface area (Å²) in [5.41, 5.74) is 4.61. The monoisotopic (exact) mass is 313 g/mol.